The maximum absolute atomic E-state index is 15.1. The normalized spacial score (nSPS) is 16.3. The fourth-order valence-electron chi connectivity index (χ4n) is 4.31. The van der Waals surface area contributed by atoms with Crippen LogP contribution in [0.2, 0.25) is 0 Å². The molecule has 5 rings (SSSR count). The van der Waals surface area contributed by atoms with Crippen molar-refractivity contribution in [1.82, 2.24) is 19.5 Å². The highest BCUT2D eigenvalue weighted by Crippen LogP contribution is 2.43. The number of aliphatic imine (C=N–C) groups is 1. The minimum absolute atomic E-state index is 0.0227. The van der Waals surface area contributed by atoms with Crippen LogP contribution in [0.4, 0.5) is 26.3 Å². The molecule has 0 amide bonds. The summed E-state index contributed by atoms with van der Waals surface area (Å²) in [4.78, 5) is 16.5. The lowest BCUT2D eigenvalue weighted by Crippen LogP contribution is -2.08. The fraction of sp³-hybridized carbons (Fsp3) is 0.357. The van der Waals surface area contributed by atoms with Gasteiger partial charge in [-0.2, -0.15) is 26.9 Å². The van der Waals surface area contributed by atoms with Crippen LogP contribution in [0.25, 0.3) is 17.0 Å². The molecule has 13 heteroatoms. The van der Waals surface area contributed by atoms with E-state index in [1.165, 1.54) is 35.2 Å². The number of alkyl halides is 5. The van der Waals surface area contributed by atoms with Crippen molar-refractivity contribution in [2.75, 3.05) is 0 Å². The smallest absolute Gasteiger partial charge is 0.434 e. The van der Waals surface area contributed by atoms with E-state index in [4.69, 9.17) is 4.74 Å². The van der Waals surface area contributed by atoms with E-state index in [1.54, 1.807) is 6.92 Å². The maximum Gasteiger partial charge on any atom is 0.434 e. The molecule has 2 aliphatic rings. The van der Waals surface area contributed by atoms with Crippen LogP contribution in [0.5, 0.6) is 5.88 Å². The number of nitrogens with zero attached hydrogens (tertiary/aromatic N) is 5. The first kappa shape index (κ1) is 28.4. The van der Waals surface area contributed by atoms with Crippen molar-refractivity contribution in [1.29, 1.82) is 0 Å². The molecule has 1 aromatic carbocycles. The molecule has 0 aliphatic heterocycles. The number of hydrogen-bond donors (Lipinski definition) is 0. The SMILES string of the molecule is C=C(OC(F)F)/C(=C(\N=CC)C1CC1)c1nccc(OCc2ccc(-c3nc(C(F)(F)F)cn3C3CC3)c(F)c2)n1. The van der Waals surface area contributed by atoms with Gasteiger partial charge in [-0.1, -0.05) is 12.6 Å². The van der Waals surface area contributed by atoms with Gasteiger partial charge in [0.15, 0.2) is 11.5 Å². The summed E-state index contributed by atoms with van der Waals surface area (Å²) in [6.07, 6.45) is 2.19. The highest BCUT2D eigenvalue weighted by atomic mass is 19.4. The van der Waals surface area contributed by atoms with Crippen LogP contribution in [0, 0.1) is 11.7 Å². The monoisotopic (exact) mass is 577 g/mol. The molecule has 2 aliphatic carbocycles. The van der Waals surface area contributed by atoms with E-state index in [0.29, 0.717) is 24.1 Å². The highest BCUT2D eigenvalue weighted by Gasteiger charge is 2.38. The van der Waals surface area contributed by atoms with Crippen LogP contribution in [0.1, 0.15) is 55.7 Å². The van der Waals surface area contributed by atoms with Crippen LogP contribution in [-0.4, -0.2) is 32.3 Å². The Hall–Kier alpha value is -4.16. The van der Waals surface area contributed by atoms with Gasteiger partial charge in [-0.3, -0.25) is 4.99 Å². The fourth-order valence-corrected chi connectivity index (χ4v) is 4.31. The van der Waals surface area contributed by atoms with Gasteiger partial charge in [0.2, 0.25) is 5.88 Å². The third-order valence-corrected chi connectivity index (χ3v) is 6.48. The maximum atomic E-state index is 15.1. The Morgan fingerprint density at radius 2 is 1.93 bits per heavy atom. The number of imidazole rings is 1. The van der Waals surface area contributed by atoms with Gasteiger partial charge >= 0.3 is 12.8 Å². The number of halogens is 6. The largest absolute Gasteiger partial charge is 0.473 e. The zero-order valence-corrected chi connectivity index (χ0v) is 21.8. The van der Waals surface area contributed by atoms with Crippen LogP contribution >= 0.6 is 0 Å². The van der Waals surface area contributed by atoms with Crippen LogP contribution in [0.3, 0.4) is 0 Å². The molecule has 7 nitrogen and oxygen atoms in total. The van der Waals surface area contributed by atoms with Gasteiger partial charge in [-0.25, -0.2) is 14.4 Å². The quantitative estimate of drug-likeness (QED) is 0.103. The summed E-state index contributed by atoms with van der Waals surface area (Å²) in [5.74, 6) is -1.06. The number of rotatable bonds is 11. The van der Waals surface area contributed by atoms with Crippen molar-refractivity contribution >= 4 is 11.8 Å². The summed E-state index contributed by atoms with van der Waals surface area (Å²) in [7, 11) is 0. The molecule has 0 radical (unpaired) electrons. The summed E-state index contributed by atoms with van der Waals surface area (Å²) >= 11 is 0. The topological polar surface area (TPSA) is 74.4 Å². The number of hydrogen-bond acceptors (Lipinski definition) is 6. The van der Waals surface area contributed by atoms with Gasteiger partial charge in [0, 0.05) is 36.6 Å². The second-order valence-electron chi connectivity index (χ2n) is 9.63. The van der Waals surface area contributed by atoms with Crippen molar-refractivity contribution in [2.24, 2.45) is 10.9 Å². The lowest BCUT2D eigenvalue weighted by molar-refractivity contribution is -0.140. The second kappa shape index (κ2) is 11.4. The molecule has 0 N–H and O–H groups in total. The van der Waals surface area contributed by atoms with E-state index in [-0.39, 0.29) is 53.0 Å². The molecule has 216 valence electrons. The number of aromatic nitrogens is 4. The summed E-state index contributed by atoms with van der Waals surface area (Å²) in [6, 6.07) is 5.32. The van der Waals surface area contributed by atoms with Crippen molar-refractivity contribution in [2.45, 2.75) is 58.0 Å². The van der Waals surface area contributed by atoms with E-state index in [0.717, 1.165) is 25.1 Å². The van der Waals surface area contributed by atoms with Gasteiger partial charge in [0.1, 0.15) is 24.0 Å². The van der Waals surface area contributed by atoms with Crippen LogP contribution in [-0.2, 0) is 17.5 Å². The van der Waals surface area contributed by atoms with Gasteiger partial charge in [0.05, 0.1) is 16.8 Å². The number of allylic oxidation sites excluding steroid dienone is 2. The molecule has 2 saturated carbocycles. The third-order valence-electron chi connectivity index (χ3n) is 6.48. The standard InChI is InChI=1S/C28H25F6N5O2/c1-3-35-24(17-5-6-17)23(15(2)41-27(30)31)25-36-11-10-22(38-25)40-14-16-4-9-19(20(29)12-16)26-37-21(28(32,33)34)13-39(26)18-7-8-18/h3-4,9-13,17-18,27H,2,5-8,14H2,1H3/b24-23+,35-3?. The minimum atomic E-state index is -4.65. The zero-order valence-electron chi connectivity index (χ0n) is 21.8. The first-order valence-corrected chi connectivity index (χ1v) is 12.8. The van der Waals surface area contributed by atoms with Gasteiger partial charge in [-0.05, 0) is 50.3 Å². The van der Waals surface area contributed by atoms with E-state index >= 15 is 4.39 Å². The molecular formula is C28H25F6N5O2. The molecule has 0 bridgehead atoms. The van der Waals surface area contributed by atoms with E-state index < -0.39 is 24.3 Å². The molecule has 2 aromatic heterocycles. The summed E-state index contributed by atoms with van der Waals surface area (Å²) < 4.78 is 92.5. The molecule has 3 aromatic rings. The predicted octanol–water partition coefficient (Wildman–Crippen LogP) is 7.38. The predicted molar refractivity (Wildman–Crippen MR) is 137 cm³/mol. The Morgan fingerprint density at radius 1 is 1.17 bits per heavy atom. The van der Waals surface area contributed by atoms with Crippen LogP contribution < -0.4 is 4.74 Å². The molecule has 41 heavy (non-hydrogen) atoms. The number of benzene rings is 1. The molecule has 0 spiro atoms. The van der Waals surface area contributed by atoms with E-state index in [9.17, 15) is 22.0 Å². The first-order valence-electron chi connectivity index (χ1n) is 12.8. The summed E-state index contributed by atoms with van der Waals surface area (Å²) in [5, 5.41) is 0. The Balaban J connectivity index is 1.37. The Bertz CT molecular complexity index is 1510. The average molecular weight is 578 g/mol. The highest BCUT2D eigenvalue weighted by molar-refractivity contribution is 5.77. The molecule has 0 saturated heterocycles. The van der Waals surface area contributed by atoms with Crippen molar-refractivity contribution in [3.05, 3.63) is 77.6 Å². The second-order valence-corrected chi connectivity index (χ2v) is 9.63. The van der Waals surface area contributed by atoms with Gasteiger partial charge in [0.25, 0.3) is 0 Å². The summed E-state index contributed by atoms with van der Waals surface area (Å²) in [5.41, 5.74) is -0.142. The third kappa shape index (κ3) is 6.60. The van der Waals surface area contributed by atoms with Crippen LogP contribution in [0.15, 0.2) is 59.7 Å². The molecule has 0 atom stereocenters. The lowest BCUT2D eigenvalue weighted by atomic mass is 10.1. The van der Waals surface area contributed by atoms with Gasteiger partial charge < -0.3 is 14.0 Å². The van der Waals surface area contributed by atoms with Crippen molar-refractivity contribution < 1.29 is 35.8 Å². The first-order chi connectivity index (χ1) is 19.5. The molecular weight excluding hydrogens is 552 g/mol. The van der Waals surface area contributed by atoms with E-state index in [2.05, 4.69) is 31.3 Å². The van der Waals surface area contributed by atoms with Crippen molar-refractivity contribution in [3.8, 4) is 17.3 Å². The molecule has 2 heterocycles. The van der Waals surface area contributed by atoms with Crippen molar-refractivity contribution in [3.63, 3.8) is 0 Å². The summed E-state index contributed by atoms with van der Waals surface area (Å²) in [6.45, 7) is 2.06. The van der Waals surface area contributed by atoms with Gasteiger partial charge in [-0.15, -0.1) is 0 Å². The Labute approximate surface area is 231 Å². The average Bonchev–Trinajstić information content (AvgIpc) is 3.85. The zero-order chi connectivity index (χ0) is 29.3. The Morgan fingerprint density at radius 3 is 2.54 bits per heavy atom. The minimum Gasteiger partial charge on any atom is -0.473 e. The Kier molecular flexibility index (Phi) is 7.87. The number of ether oxygens (including phenoxy) is 2. The molecule has 0 unspecified atom stereocenters. The van der Waals surface area contributed by atoms with E-state index in [1.807, 2.05) is 0 Å². The molecule has 2 fully saturated rings. The lowest BCUT2D eigenvalue weighted by Gasteiger charge is -2.15.